The molecule has 1 aliphatic rings. The molecule has 5 heteroatoms. The van der Waals surface area contributed by atoms with Gasteiger partial charge >= 0.3 is 0 Å². The maximum absolute atomic E-state index is 7.94. The number of aromatic nitrogens is 3. The molecule has 3 nitrogen and oxygen atoms in total. The van der Waals surface area contributed by atoms with Crippen LogP contribution in [0.5, 0.6) is 0 Å². The van der Waals surface area contributed by atoms with Crippen molar-refractivity contribution in [2.45, 2.75) is 85.3 Å². The summed E-state index contributed by atoms with van der Waals surface area (Å²) >= 11 is 0. The Morgan fingerprint density at radius 2 is 1.46 bits per heavy atom. The number of hydrogen-bond donors (Lipinski definition) is 0. The van der Waals surface area contributed by atoms with Crippen LogP contribution in [0.25, 0.3) is 50.5 Å². The standard InChI is InChI=1S/C35H35N2.C14H16NSi.Ir/c1-21(2)25-11-10-12-26(22(3)4)33(25)37-32-14-9-8-13-31(32)36-34(37)24-16-18-29-28(20-24)27-17-15-23(5)19-30(27)35(29,6)7;1-16(2,3)13-9-10-14(15-11-13)12-7-5-4-6-8-12;/h8-15,17-22H,1-7H3;4-7,9-11H,1-3H3;/q2*-1;/i5D3;;. The molecule has 0 N–H and O–H groups in total. The molecule has 0 atom stereocenters. The molecule has 1 radical (unpaired) electrons. The molecular formula is C49H51IrN3Si-2. The van der Waals surface area contributed by atoms with Crippen molar-refractivity contribution in [2.24, 2.45) is 0 Å². The first kappa shape index (κ1) is 35.3. The summed E-state index contributed by atoms with van der Waals surface area (Å²) in [5.41, 5.74) is 13.2. The monoisotopic (exact) mass is 905 g/mol. The Kier molecular flexibility index (Phi) is 10.1. The smallest absolute Gasteiger partial charge is 0.0795 e. The number of hydrogen-bond acceptors (Lipinski definition) is 2. The van der Waals surface area contributed by atoms with Gasteiger partial charge in [0.2, 0.25) is 0 Å². The molecule has 0 amide bonds. The molecule has 8 rings (SSSR count). The zero-order chi connectivity index (χ0) is 40.2. The molecule has 54 heavy (non-hydrogen) atoms. The number of imidazole rings is 1. The Morgan fingerprint density at radius 3 is 2.09 bits per heavy atom. The number of pyridine rings is 1. The van der Waals surface area contributed by atoms with E-state index >= 15 is 0 Å². The van der Waals surface area contributed by atoms with E-state index < -0.39 is 14.9 Å². The number of benzene rings is 5. The van der Waals surface area contributed by atoms with Gasteiger partial charge in [-0.3, -0.25) is 4.98 Å². The van der Waals surface area contributed by atoms with Crippen LogP contribution in [0.2, 0.25) is 19.6 Å². The zero-order valence-electron chi connectivity index (χ0n) is 35.8. The fraction of sp³-hybridized carbons (Fsp3) is 0.265. The van der Waals surface area contributed by atoms with Crippen molar-refractivity contribution < 1.29 is 24.2 Å². The van der Waals surface area contributed by atoms with Crippen LogP contribution in [0.4, 0.5) is 0 Å². The minimum atomic E-state index is -2.14. The van der Waals surface area contributed by atoms with Gasteiger partial charge in [-0.15, -0.1) is 65.2 Å². The third kappa shape index (κ3) is 7.34. The van der Waals surface area contributed by atoms with Crippen LogP contribution in [-0.4, -0.2) is 22.6 Å². The average molecular weight is 905 g/mol. The van der Waals surface area contributed by atoms with E-state index in [4.69, 9.17) is 9.10 Å². The second-order valence-corrected chi connectivity index (χ2v) is 21.4. The SMILES string of the molecule is C[Si](C)(C)c1ccc(-c2[c-]cccc2)nc1.[2H]C([2H])([2H])c1ccc2c(c1)C(C)(C)c1c[c-]c(-c3nc4ccccc4n3-c3c(C(C)C)cccc3C(C)C)cc1-2.[Ir]. The van der Waals surface area contributed by atoms with Gasteiger partial charge in [-0.2, -0.15) is 0 Å². The topological polar surface area (TPSA) is 30.7 Å². The fourth-order valence-electron chi connectivity index (χ4n) is 7.55. The summed E-state index contributed by atoms with van der Waals surface area (Å²) in [7, 11) is -1.23. The van der Waals surface area contributed by atoms with Crippen LogP contribution < -0.4 is 5.19 Å². The van der Waals surface area contributed by atoms with Crippen molar-refractivity contribution in [1.29, 1.82) is 0 Å². The molecular weight excluding hydrogens is 851 g/mol. The normalized spacial score (nSPS) is 14.0. The molecule has 5 aromatic carbocycles. The minimum Gasteiger partial charge on any atom is -0.333 e. The molecule has 7 aromatic rings. The Morgan fingerprint density at radius 1 is 0.741 bits per heavy atom. The maximum atomic E-state index is 7.94. The van der Waals surface area contributed by atoms with Crippen molar-refractivity contribution >= 4 is 24.3 Å². The molecule has 0 fully saturated rings. The number of para-hydroxylation sites is 3. The third-order valence-electron chi connectivity index (χ3n) is 10.6. The number of rotatable bonds is 6. The predicted octanol–water partition coefficient (Wildman–Crippen LogP) is 12.4. The van der Waals surface area contributed by atoms with Gasteiger partial charge < -0.3 is 9.55 Å². The van der Waals surface area contributed by atoms with Crippen molar-refractivity contribution in [3.05, 3.63) is 155 Å². The number of fused-ring (bicyclic) bond motifs is 4. The van der Waals surface area contributed by atoms with Gasteiger partial charge in [-0.25, -0.2) is 0 Å². The van der Waals surface area contributed by atoms with E-state index in [0.29, 0.717) is 17.4 Å². The van der Waals surface area contributed by atoms with Gasteiger partial charge in [-0.05, 0) is 69.4 Å². The molecule has 0 saturated heterocycles. The minimum absolute atomic E-state index is 0. The first-order chi connectivity index (χ1) is 26.5. The van der Waals surface area contributed by atoms with E-state index in [2.05, 4.69) is 144 Å². The third-order valence-corrected chi connectivity index (χ3v) is 12.6. The van der Waals surface area contributed by atoms with E-state index in [9.17, 15) is 0 Å². The van der Waals surface area contributed by atoms with E-state index in [1.165, 1.54) is 22.0 Å². The largest absolute Gasteiger partial charge is 0.333 e. The van der Waals surface area contributed by atoms with Gasteiger partial charge in [0, 0.05) is 36.1 Å². The van der Waals surface area contributed by atoms with Crippen LogP contribution in [0.15, 0.2) is 115 Å². The maximum Gasteiger partial charge on any atom is 0.0795 e. The summed E-state index contributed by atoms with van der Waals surface area (Å²) in [5.74, 6) is 1.54. The number of nitrogens with zero attached hydrogens (tertiary/aromatic N) is 3. The molecule has 2 aromatic heterocycles. The van der Waals surface area contributed by atoms with E-state index in [1.807, 2.05) is 48.7 Å². The van der Waals surface area contributed by atoms with Crippen molar-refractivity contribution in [3.63, 3.8) is 0 Å². The van der Waals surface area contributed by atoms with Crippen molar-refractivity contribution in [1.82, 2.24) is 14.5 Å². The Hall–Kier alpha value is -4.41. The van der Waals surface area contributed by atoms with E-state index in [-0.39, 0.29) is 25.5 Å². The van der Waals surface area contributed by atoms with E-state index in [1.54, 1.807) is 6.07 Å². The molecule has 1 aliphatic carbocycles. The molecule has 0 spiro atoms. The quantitative estimate of drug-likeness (QED) is 0.123. The van der Waals surface area contributed by atoms with Gasteiger partial charge in [0.1, 0.15) is 0 Å². The van der Waals surface area contributed by atoms with Crippen molar-refractivity contribution in [3.8, 4) is 39.5 Å². The van der Waals surface area contributed by atoms with Crippen LogP contribution >= 0.6 is 0 Å². The van der Waals surface area contributed by atoms with Gasteiger partial charge in [0.05, 0.1) is 24.9 Å². The van der Waals surface area contributed by atoms with Gasteiger partial charge in [0.25, 0.3) is 0 Å². The molecule has 0 saturated carbocycles. The first-order valence-electron chi connectivity index (χ1n) is 20.2. The molecule has 0 aliphatic heterocycles. The fourth-order valence-corrected chi connectivity index (χ4v) is 8.59. The summed E-state index contributed by atoms with van der Waals surface area (Å²) in [6.45, 7) is 18.2. The van der Waals surface area contributed by atoms with Crippen LogP contribution in [0.3, 0.4) is 0 Å². The van der Waals surface area contributed by atoms with Crippen LogP contribution in [0.1, 0.15) is 85.3 Å². The number of aryl methyl sites for hydroxylation is 1. The summed E-state index contributed by atoms with van der Waals surface area (Å²) < 4.78 is 26.2. The van der Waals surface area contributed by atoms with Crippen LogP contribution in [0, 0.1) is 19.0 Å². The molecule has 277 valence electrons. The van der Waals surface area contributed by atoms with Gasteiger partial charge in [-0.1, -0.05) is 133 Å². The first-order valence-corrected chi connectivity index (χ1v) is 22.2. The average Bonchev–Trinajstić information content (AvgIpc) is 3.66. The zero-order valence-corrected chi connectivity index (χ0v) is 36.2. The van der Waals surface area contributed by atoms with Gasteiger partial charge in [0.15, 0.2) is 0 Å². The second kappa shape index (κ2) is 15.4. The summed E-state index contributed by atoms with van der Waals surface area (Å²) in [6, 6.07) is 43.9. The predicted molar refractivity (Wildman–Crippen MR) is 227 cm³/mol. The molecule has 0 bridgehead atoms. The van der Waals surface area contributed by atoms with Crippen molar-refractivity contribution in [2.75, 3.05) is 0 Å². The summed E-state index contributed by atoms with van der Waals surface area (Å²) in [6.07, 6.45) is 2.02. The Balaban J connectivity index is 0.000000271. The molecule has 2 heterocycles. The van der Waals surface area contributed by atoms with Crippen LogP contribution in [-0.2, 0) is 25.5 Å². The Labute approximate surface area is 341 Å². The second-order valence-electron chi connectivity index (χ2n) is 16.4. The molecule has 0 unspecified atom stereocenters. The summed E-state index contributed by atoms with van der Waals surface area (Å²) in [4.78, 5) is 9.70. The summed E-state index contributed by atoms with van der Waals surface area (Å²) in [5, 5.41) is 1.40. The van der Waals surface area contributed by atoms with E-state index in [0.717, 1.165) is 55.9 Å². The Bertz CT molecular complexity index is 2500.